The molecule has 0 atom stereocenters. The van der Waals surface area contributed by atoms with E-state index in [1.807, 2.05) is 13.8 Å². The molecule has 0 saturated heterocycles. The average molecular weight is 368 g/mol. The smallest absolute Gasteiger partial charge is 0.358 e. The second-order valence-electron chi connectivity index (χ2n) is 6.23. The van der Waals surface area contributed by atoms with Crippen LogP contribution in [0.3, 0.4) is 0 Å². The van der Waals surface area contributed by atoms with Crippen LogP contribution in [-0.4, -0.2) is 25.6 Å². The van der Waals surface area contributed by atoms with E-state index in [-0.39, 0.29) is 28.8 Å². The van der Waals surface area contributed by atoms with E-state index in [9.17, 15) is 19.1 Å². The number of rotatable bonds is 4. The number of nitrogen functional groups attached to an aromatic ring is 1. The van der Waals surface area contributed by atoms with Crippen LogP contribution >= 0.6 is 0 Å². The van der Waals surface area contributed by atoms with Crippen molar-refractivity contribution < 1.29 is 14.3 Å². The molecule has 0 radical (unpaired) electrons. The van der Waals surface area contributed by atoms with Gasteiger partial charge in [0.25, 0.3) is 5.56 Å². The van der Waals surface area contributed by atoms with Gasteiger partial charge in [-0.3, -0.25) is 4.79 Å². The van der Waals surface area contributed by atoms with E-state index >= 15 is 0 Å². The molecule has 1 aromatic carbocycles. The zero-order valence-electron chi connectivity index (χ0n) is 14.7. The molecule has 0 aliphatic heterocycles. The van der Waals surface area contributed by atoms with E-state index < -0.39 is 17.5 Å². The fourth-order valence-corrected chi connectivity index (χ4v) is 2.69. The summed E-state index contributed by atoms with van der Waals surface area (Å²) in [6.07, 6.45) is 1.57. The highest BCUT2D eigenvalue weighted by atomic mass is 19.1. The molecule has 27 heavy (non-hydrogen) atoms. The van der Waals surface area contributed by atoms with E-state index in [1.54, 1.807) is 12.3 Å². The van der Waals surface area contributed by atoms with Gasteiger partial charge in [-0.1, -0.05) is 12.1 Å². The third kappa shape index (κ3) is 3.55. The number of aromatic carboxylic acids is 1. The normalized spacial score (nSPS) is 11.0. The van der Waals surface area contributed by atoms with Crippen LogP contribution in [0.2, 0.25) is 0 Å². The number of aromatic nitrogens is 3. The van der Waals surface area contributed by atoms with Crippen molar-refractivity contribution in [2.24, 2.45) is 0 Å². The number of halogens is 1. The minimum absolute atomic E-state index is 0.115. The molecule has 0 saturated carbocycles. The van der Waals surface area contributed by atoms with Gasteiger partial charge in [0.2, 0.25) is 0 Å². The van der Waals surface area contributed by atoms with Crippen molar-refractivity contribution in [2.75, 3.05) is 5.73 Å². The molecular formula is C19H17FN4O3. The van der Waals surface area contributed by atoms with E-state index in [2.05, 4.69) is 9.97 Å². The van der Waals surface area contributed by atoms with Gasteiger partial charge in [0.15, 0.2) is 11.5 Å². The summed E-state index contributed by atoms with van der Waals surface area (Å²) in [6, 6.07) is 8.44. The Morgan fingerprint density at radius 1 is 1.15 bits per heavy atom. The fourth-order valence-electron chi connectivity index (χ4n) is 2.69. The van der Waals surface area contributed by atoms with Gasteiger partial charge in [0.1, 0.15) is 5.82 Å². The molecule has 0 aliphatic rings. The van der Waals surface area contributed by atoms with Crippen molar-refractivity contribution >= 4 is 11.8 Å². The highest BCUT2D eigenvalue weighted by Gasteiger charge is 2.20. The molecular weight excluding hydrogens is 351 g/mol. The number of benzene rings is 1. The van der Waals surface area contributed by atoms with Crippen LogP contribution in [0.5, 0.6) is 0 Å². The lowest BCUT2D eigenvalue weighted by atomic mass is 10.0. The Balaban J connectivity index is 2.33. The van der Waals surface area contributed by atoms with Gasteiger partial charge in [-0.05, 0) is 32.0 Å². The molecule has 0 unspecified atom stereocenters. The van der Waals surface area contributed by atoms with Crippen molar-refractivity contribution in [1.29, 1.82) is 0 Å². The van der Waals surface area contributed by atoms with Crippen LogP contribution in [0, 0.1) is 5.82 Å². The molecule has 138 valence electrons. The number of nitrogens with two attached hydrogens (primary N) is 1. The minimum Gasteiger partial charge on any atom is -0.476 e. The summed E-state index contributed by atoms with van der Waals surface area (Å²) in [4.78, 5) is 31.8. The molecule has 0 fully saturated rings. The number of pyridine rings is 1. The van der Waals surface area contributed by atoms with Gasteiger partial charge in [0, 0.05) is 29.4 Å². The summed E-state index contributed by atoms with van der Waals surface area (Å²) in [5.74, 6) is -2.08. The second-order valence-corrected chi connectivity index (χ2v) is 6.23. The molecule has 3 N–H and O–H groups in total. The van der Waals surface area contributed by atoms with Crippen LogP contribution in [0.25, 0.3) is 22.5 Å². The van der Waals surface area contributed by atoms with E-state index in [0.29, 0.717) is 11.1 Å². The Kier molecular flexibility index (Phi) is 4.72. The fraction of sp³-hybridized carbons (Fsp3) is 0.158. The Morgan fingerprint density at radius 3 is 2.48 bits per heavy atom. The minimum atomic E-state index is -1.33. The number of hydrogen-bond acceptors (Lipinski definition) is 5. The maximum absolute atomic E-state index is 13.7. The molecule has 0 spiro atoms. The summed E-state index contributed by atoms with van der Waals surface area (Å²) in [5.41, 5.74) is 6.41. The lowest BCUT2D eigenvalue weighted by molar-refractivity contribution is 0.0691. The van der Waals surface area contributed by atoms with Gasteiger partial charge in [-0.25, -0.2) is 19.2 Å². The van der Waals surface area contributed by atoms with Crippen LogP contribution in [-0.2, 0) is 0 Å². The van der Waals surface area contributed by atoms with E-state index in [0.717, 1.165) is 0 Å². The number of anilines is 1. The topological polar surface area (TPSA) is 111 Å². The maximum atomic E-state index is 13.7. The standard InChI is InChI=1S/C19H17FN4O3/c1-10(2)24-9-12(6-7-14(24)25)16-15(11-4-3-5-13(20)8-11)23-18(21)17(22-16)19(26)27/h3-10H,1-2H3,(H2,21,23)(H,26,27). The van der Waals surface area contributed by atoms with Crippen LogP contribution in [0.1, 0.15) is 30.4 Å². The van der Waals surface area contributed by atoms with Crippen LogP contribution in [0.4, 0.5) is 10.2 Å². The van der Waals surface area contributed by atoms with Crippen molar-refractivity contribution in [3.05, 3.63) is 64.5 Å². The molecule has 3 aromatic rings. The summed E-state index contributed by atoms with van der Waals surface area (Å²) in [5, 5.41) is 9.33. The molecule has 0 amide bonds. The summed E-state index contributed by atoms with van der Waals surface area (Å²) in [7, 11) is 0. The number of carboxylic acids is 1. The van der Waals surface area contributed by atoms with Gasteiger partial charge in [-0.2, -0.15) is 0 Å². The Labute approximate surface area is 153 Å². The Hall–Kier alpha value is -3.55. The largest absolute Gasteiger partial charge is 0.476 e. The molecule has 0 aliphatic carbocycles. The SMILES string of the molecule is CC(C)n1cc(-c2nc(C(=O)O)c(N)nc2-c2cccc(F)c2)ccc1=O. The van der Waals surface area contributed by atoms with Crippen molar-refractivity contribution in [1.82, 2.24) is 14.5 Å². The van der Waals surface area contributed by atoms with Gasteiger partial charge in [-0.15, -0.1) is 0 Å². The molecule has 0 bridgehead atoms. The highest BCUT2D eigenvalue weighted by molar-refractivity contribution is 5.92. The molecule has 2 heterocycles. The first-order valence-electron chi connectivity index (χ1n) is 8.17. The Bertz CT molecular complexity index is 1090. The zero-order valence-corrected chi connectivity index (χ0v) is 14.7. The van der Waals surface area contributed by atoms with Gasteiger partial charge < -0.3 is 15.4 Å². The molecule has 8 heteroatoms. The quantitative estimate of drug-likeness (QED) is 0.732. The molecule has 7 nitrogen and oxygen atoms in total. The van der Waals surface area contributed by atoms with Crippen molar-refractivity contribution in [2.45, 2.75) is 19.9 Å². The van der Waals surface area contributed by atoms with E-state index in [4.69, 9.17) is 5.73 Å². The van der Waals surface area contributed by atoms with Crippen LogP contribution in [0.15, 0.2) is 47.4 Å². The van der Waals surface area contributed by atoms with E-state index in [1.165, 1.54) is 34.9 Å². The van der Waals surface area contributed by atoms with Crippen LogP contribution < -0.4 is 11.3 Å². The summed E-state index contributed by atoms with van der Waals surface area (Å²) >= 11 is 0. The maximum Gasteiger partial charge on any atom is 0.358 e. The van der Waals surface area contributed by atoms with Crippen molar-refractivity contribution in [3.8, 4) is 22.5 Å². The monoisotopic (exact) mass is 368 g/mol. The molecule has 2 aromatic heterocycles. The number of hydrogen-bond donors (Lipinski definition) is 2. The summed E-state index contributed by atoms with van der Waals surface area (Å²) in [6.45, 7) is 3.69. The first kappa shape index (κ1) is 18.2. The highest BCUT2D eigenvalue weighted by Crippen LogP contribution is 2.31. The number of nitrogens with zero attached hydrogens (tertiary/aromatic N) is 3. The number of carboxylic acid groups (broad SMARTS) is 1. The third-order valence-electron chi connectivity index (χ3n) is 3.99. The van der Waals surface area contributed by atoms with Crippen molar-refractivity contribution in [3.63, 3.8) is 0 Å². The average Bonchev–Trinajstić information content (AvgIpc) is 2.61. The lowest BCUT2D eigenvalue weighted by Crippen LogP contribution is -2.20. The number of carbonyl (C=O) groups is 1. The predicted molar refractivity (Wildman–Crippen MR) is 98.9 cm³/mol. The zero-order chi connectivity index (χ0) is 19.7. The first-order valence-corrected chi connectivity index (χ1v) is 8.17. The Morgan fingerprint density at radius 2 is 1.85 bits per heavy atom. The lowest BCUT2D eigenvalue weighted by Gasteiger charge is -2.14. The van der Waals surface area contributed by atoms with Gasteiger partial charge in [0.05, 0.1) is 11.4 Å². The van der Waals surface area contributed by atoms with Gasteiger partial charge >= 0.3 is 5.97 Å². The second kappa shape index (κ2) is 6.99. The predicted octanol–water partition coefficient (Wildman–Crippen LogP) is 2.97. The summed E-state index contributed by atoms with van der Waals surface area (Å²) < 4.78 is 15.2. The first-order chi connectivity index (χ1) is 12.8. The third-order valence-corrected chi connectivity index (χ3v) is 3.99. The molecule has 3 rings (SSSR count).